The number of hydrogen-bond acceptors (Lipinski definition) is 4. The average molecular weight is 320 g/mol. The molecule has 0 saturated heterocycles. The third-order valence-electron chi connectivity index (χ3n) is 2.56. The Hall–Kier alpha value is -2.32. The standard InChI is InChI=1S/C13H15F3N2O4/c1-8(2)18(6-11(19)20)12(21)9-3-4-10(17-5-9)22-7-13(14,15)16/h3-5,8H,6-7H2,1-2H3,(H,19,20). The zero-order valence-corrected chi connectivity index (χ0v) is 11.9. The van der Waals surface area contributed by atoms with Crippen molar-refractivity contribution in [2.75, 3.05) is 13.2 Å². The van der Waals surface area contributed by atoms with Crippen molar-refractivity contribution in [1.82, 2.24) is 9.88 Å². The molecule has 122 valence electrons. The van der Waals surface area contributed by atoms with Crippen LogP contribution in [-0.2, 0) is 4.79 Å². The molecule has 0 aliphatic carbocycles. The number of carboxylic acid groups (broad SMARTS) is 1. The molecule has 0 radical (unpaired) electrons. The number of rotatable bonds is 6. The summed E-state index contributed by atoms with van der Waals surface area (Å²) in [6.07, 6.45) is -3.43. The highest BCUT2D eigenvalue weighted by molar-refractivity contribution is 5.95. The highest BCUT2D eigenvalue weighted by Gasteiger charge is 2.28. The minimum absolute atomic E-state index is 0.0642. The third-order valence-corrected chi connectivity index (χ3v) is 2.56. The van der Waals surface area contributed by atoms with Gasteiger partial charge in [0.2, 0.25) is 5.88 Å². The molecule has 0 aliphatic rings. The van der Waals surface area contributed by atoms with Crippen LogP contribution in [0.3, 0.4) is 0 Å². The van der Waals surface area contributed by atoms with Gasteiger partial charge in [0.1, 0.15) is 6.54 Å². The largest absolute Gasteiger partial charge is 0.480 e. The van der Waals surface area contributed by atoms with Gasteiger partial charge in [-0.1, -0.05) is 0 Å². The number of carboxylic acids is 1. The van der Waals surface area contributed by atoms with Gasteiger partial charge in [-0.25, -0.2) is 4.98 Å². The molecule has 0 fully saturated rings. The quantitative estimate of drug-likeness (QED) is 0.867. The van der Waals surface area contributed by atoms with Gasteiger partial charge in [0.15, 0.2) is 6.61 Å². The zero-order chi connectivity index (χ0) is 16.9. The lowest BCUT2D eigenvalue weighted by atomic mass is 10.2. The van der Waals surface area contributed by atoms with Gasteiger partial charge >= 0.3 is 12.1 Å². The van der Waals surface area contributed by atoms with Crippen LogP contribution in [-0.4, -0.2) is 52.2 Å². The number of hydrogen-bond donors (Lipinski definition) is 1. The predicted molar refractivity (Wildman–Crippen MR) is 69.6 cm³/mol. The number of halogens is 3. The predicted octanol–water partition coefficient (Wildman–Crippen LogP) is 1.96. The first kappa shape index (κ1) is 17.7. The average Bonchev–Trinajstić information content (AvgIpc) is 2.41. The number of nitrogens with zero attached hydrogens (tertiary/aromatic N) is 2. The number of pyridine rings is 1. The lowest BCUT2D eigenvalue weighted by Gasteiger charge is -2.24. The fourth-order valence-electron chi connectivity index (χ4n) is 1.55. The summed E-state index contributed by atoms with van der Waals surface area (Å²) in [4.78, 5) is 27.6. The van der Waals surface area contributed by atoms with E-state index in [9.17, 15) is 22.8 Å². The second kappa shape index (κ2) is 7.10. The fourth-order valence-corrected chi connectivity index (χ4v) is 1.55. The Balaban J connectivity index is 2.80. The van der Waals surface area contributed by atoms with Crippen molar-refractivity contribution in [1.29, 1.82) is 0 Å². The van der Waals surface area contributed by atoms with Gasteiger partial charge in [0.25, 0.3) is 5.91 Å². The first-order valence-corrected chi connectivity index (χ1v) is 6.28. The van der Waals surface area contributed by atoms with Crippen molar-refractivity contribution in [2.45, 2.75) is 26.1 Å². The van der Waals surface area contributed by atoms with Gasteiger partial charge < -0.3 is 14.7 Å². The Morgan fingerprint density at radius 2 is 2.00 bits per heavy atom. The number of aliphatic carboxylic acids is 1. The molecule has 0 bridgehead atoms. The summed E-state index contributed by atoms with van der Waals surface area (Å²) in [5.41, 5.74) is 0.0642. The van der Waals surface area contributed by atoms with E-state index >= 15 is 0 Å². The molecular formula is C13H15F3N2O4. The van der Waals surface area contributed by atoms with Crippen LogP contribution in [0.25, 0.3) is 0 Å². The maximum Gasteiger partial charge on any atom is 0.422 e. The molecule has 0 unspecified atom stereocenters. The SMILES string of the molecule is CC(C)N(CC(=O)O)C(=O)c1ccc(OCC(F)(F)F)nc1. The number of carbonyl (C=O) groups excluding carboxylic acids is 1. The van der Waals surface area contributed by atoms with E-state index in [0.29, 0.717) is 0 Å². The number of ether oxygens (including phenoxy) is 1. The first-order valence-electron chi connectivity index (χ1n) is 6.28. The molecule has 0 aromatic carbocycles. The molecule has 6 nitrogen and oxygen atoms in total. The van der Waals surface area contributed by atoms with Crippen molar-refractivity contribution in [3.8, 4) is 5.88 Å². The minimum Gasteiger partial charge on any atom is -0.480 e. The molecule has 0 atom stereocenters. The molecule has 22 heavy (non-hydrogen) atoms. The van der Waals surface area contributed by atoms with Crippen LogP contribution in [0.15, 0.2) is 18.3 Å². The van der Waals surface area contributed by atoms with E-state index < -0.39 is 31.2 Å². The normalized spacial score (nSPS) is 11.4. The van der Waals surface area contributed by atoms with E-state index in [0.717, 1.165) is 17.2 Å². The second-order valence-electron chi connectivity index (χ2n) is 4.71. The van der Waals surface area contributed by atoms with Crippen molar-refractivity contribution in [3.05, 3.63) is 23.9 Å². The Kier molecular flexibility index (Phi) is 5.72. The Morgan fingerprint density at radius 3 is 2.41 bits per heavy atom. The summed E-state index contributed by atoms with van der Waals surface area (Å²) in [6.45, 7) is 1.33. The number of amides is 1. The Morgan fingerprint density at radius 1 is 1.36 bits per heavy atom. The molecule has 1 aromatic heterocycles. The molecule has 1 amide bonds. The zero-order valence-electron chi connectivity index (χ0n) is 11.9. The van der Waals surface area contributed by atoms with E-state index in [1.165, 1.54) is 6.07 Å². The number of aromatic nitrogens is 1. The van der Waals surface area contributed by atoms with Crippen LogP contribution in [0.1, 0.15) is 24.2 Å². The second-order valence-corrected chi connectivity index (χ2v) is 4.71. The van der Waals surface area contributed by atoms with Gasteiger partial charge in [-0.05, 0) is 19.9 Å². The smallest absolute Gasteiger partial charge is 0.422 e. The molecule has 1 aromatic rings. The summed E-state index contributed by atoms with van der Waals surface area (Å²) in [6, 6.07) is 2.00. The van der Waals surface area contributed by atoms with Crippen molar-refractivity contribution < 1.29 is 32.6 Å². The molecule has 1 N–H and O–H groups in total. The Labute approximate surface area is 124 Å². The van der Waals surface area contributed by atoms with E-state index in [2.05, 4.69) is 9.72 Å². The summed E-state index contributed by atoms with van der Waals surface area (Å²) in [7, 11) is 0. The topological polar surface area (TPSA) is 79.7 Å². The maximum atomic E-state index is 12.2. The summed E-state index contributed by atoms with van der Waals surface area (Å²) in [5, 5.41) is 8.78. The van der Waals surface area contributed by atoms with Crippen LogP contribution in [0.4, 0.5) is 13.2 Å². The van der Waals surface area contributed by atoms with Gasteiger partial charge in [-0.15, -0.1) is 0 Å². The van der Waals surface area contributed by atoms with Crippen LogP contribution in [0, 0.1) is 0 Å². The summed E-state index contributed by atoms with van der Waals surface area (Å²) < 4.78 is 40.4. The molecule has 9 heteroatoms. The molecular weight excluding hydrogens is 305 g/mol. The van der Waals surface area contributed by atoms with Crippen molar-refractivity contribution in [2.24, 2.45) is 0 Å². The van der Waals surface area contributed by atoms with E-state index in [1.807, 2.05) is 0 Å². The van der Waals surface area contributed by atoms with Crippen LogP contribution >= 0.6 is 0 Å². The van der Waals surface area contributed by atoms with E-state index in [-0.39, 0.29) is 17.5 Å². The van der Waals surface area contributed by atoms with Crippen LogP contribution < -0.4 is 4.74 Å². The minimum atomic E-state index is -4.48. The van der Waals surface area contributed by atoms with Crippen molar-refractivity contribution >= 4 is 11.9 Å². The lowest BCUT2D eigenvalue weighted by molar-refractivity contribution is -0.154. The lowest BCUT2D eigenvalue weighted by Crippen LogP contribution is -2.40. The van der Waals surface area contributed by atoms with E-state index in [4.69, 9.17) is 5.11 Å². The summed E-state index contributed by atoms with van der Waals surface area (Å²) in [5.74, 6) is -2.02. The van der Waals surface area contributed by atoms with Gasteiger partial charge in [-0.3, -0.25) is 9.59 Å². The summed E-state index contributed by atoms with van der Waals surface area (Å²) >= 11 is 0. The fraction of sp³-hybridized carbons (Fsp3) is 0.462. The Bertz CT molecular complexity index is 529. The molecule has 1 rings (SSSR count). The van der Waals surface area contributed by atoms with E-state index in [1.54, 1.807) is 13.8 Å². The van der Waals surface area contributed by atoms with Gasteiger partial charge in [0, 0.05) is 18.3 Å². The number of carbonyl (C=O) groups is 2. The third kappa shape index (κ3) is 5.58. The van der Waals surface area contributed by atoms with Gasteiger partial charge in [0.05, 0.1) is 5.56 Å². The number of alkyl halides is 3. The maximum absolute atomic E-state index is 12.2. The van der Waals surface area contributed by atoms with Gasteiger partial charge in [-0.2, -0.15) is 13.2 Å². The monoisotopic (exact) mass is 320 g/mol. The highest BCUT2D eigenvalue weighted by atomic mass is 19.4. The highest BCUT2D eigenvalue weighted by Crippen LogP contribution is 2.17. The molecule has 0 spiro atoms. The van der Waals surface area contributed by atoms with Crippen LogP contribution in [0.2, 0.25) is 0 Å². The van der Waals surface area contributed by atoms with Crippen molar-refractivity contribution in [3.63, 3.8) is 0 Å². The first-order chi connectivity index (χ1) is 10.1. The van der Waals surface area contributed by atoms with Crippen LogP contribution in [0.5, 0.6) is 5.88 Å². The molecule has 0 saturated carbocycles. The molecule has 0 aliphatic heterocycles. The molecule has 1 heterocycles.